The summed E-state index contributed by atoms with van der Waals surface area (Å²) in [6.07, 6.45) is 4.82. The highest BCUT2D eigenvalue weighted by atomic mass is 35.5. The highest BCUT2D eigenvalue weighted by Crippen LogP contribution is 2.37. The van der Waals surface area contributed by atoms with Gasteiger partial charge in [-0.3, -0.25) is 0 Å². The first-order valence-electron chi connectivity index (χ1n) is 6.44. The molecule has 100 valence electrons. The summed E-state index contributed by atoms with van der Waals surface area (Å²) in [5, 5.41) is 0.692. The Hall–Kier alpha value is -1.54. The first-order valence-corrected chi connectivity index (χ1v) is 6.81. The van der Waals surface area contributed by atoms with E-state index in [0.29, 0.717) is 11.6 Å². The third-order valence-corrected chi connectivity index (χ3v) is 3.63. The normalized spacial score (nSPS) is 18.6. The molecule has 0 fully saturated rings. The smallest absolute Gasteiger partial charge is 0.334 e. The SMILES string of the molecule is CCOC(=O)C1=C(C)C=CCC1c1ccccc1Cl. The van der Waals surface area contributed by atoms with E-state index in [-0.39, 0.29) is 11.9 Å². The number of allylic oxidation sites excluding steroid dienone is 3. The van der Waals surface area contributed by atoms with Crippen LogP contribution < -0.4 is 0 Å². The van der Waals surface area contributed by atoms with Crippen molar-refractivity contribution in [2.45, 2.75) is 26.2 Å². The molecule has 2 nitrogen and oxygen atoms in total. The molecule has 0 radical (unpaired) electrons. The fourth-order valence-electron chi connectivity index (χ4n) is 2.42. The predicted octanol–water partition coefficient (Wildman–Crippen LogP) is 4.26. The van der Waals surface area contributed by atoms with Crippen LogP contribution >= 0.6 is 11.6 Å². The molecule has 1 aromatic carbocycles. The van der Waals surface area contributed by atoms with Gasteiger partial charge in [0.1, 0.15) is 0 Å². The van der Waals surface area contributed by atoms with Crippen LogP contribution in [0, 0.1) is 0 Å². The number of hydrogen-bond donors (Lipinski definition) is 0. The van der Waals surface area contributed by atoms with E-state index >= 15 is 0 Å². The van der Waals surface area contributed by atoms with Gasteiger partial charge in [0.05, 0.1) is 6.61 Å². The summed E-state index contributed by atoms with van der Waals surface area (Å²) in [6, 6.07) is 7.66. The molecule has 1 aliphatic rings. The zero-order chi connectivity index (χ0) is 13.8. The van der Waals surface area contributed by atoms with Gasteiger partial charge in [0.2, 0.25) is 0 Å². The molecular formula is C16H17ClO2. The van der Waals surface area contributed by atoms with Crippen LogP contribution in [0.25, 0.3) is 0 Å². The molecule has 1 atom stereocenters. The van der Waals surface area contributed by atoms with Crippen molar-refractivity contribution < 1.29 is 9.53 Å². The molecule has 2 rings (SSSR count). The molecule has 1 aromatic rings. The Bertz CT molecular complexity index is 543. The first-order chi connectivity index (χ1) is 9.15. The summed E-state index contributed by atoms with van der Waals surface area (Å²) in [5.41, 5.74) is 2.66. The number of hydrogen-bond acceptors (Lipinski definition) is 2. The Balaban J connectivity index is 2.43. The average molecular weight is 277 g/mol. The quantitative estimate of drug-likeness (QED) is 0.771. The minimum Gasteiger partial charge on any atom is -0.463 e. The zero-order valence-corrected chi connectivity index (χ0v) is 11.9. The van der Waals surface area contributed by atoms with E-state index in [1.54, 1.807) is 0 Å². The monoisotopic (exact) mass is 276 g/mol. The van der Waals surface area contributed by atoms with Crippen LogP contribution in [0.5, 0.6) is 0 Å². The predicted molar refractivity (Wildman–Crippen MR) is 77.3 cm³/mol. The maximum atomic E-state index is 12.1. The molecule has 1 aliphatic carbocycles. The lowest BCUT2D eigenvalue weighted by Crippen LogP contribution is -2.18. The molecule has 0 aromatic heterocycles. The van der Waals surface area contributed by atoms with Crippen LogP contribution in [0.1, 0.15) is 31.7 Å². The molecule has 0 bridgehead atoms. The fourth-order valence-corrected chi connectivity index (χ4v) is 2.68. The van der Waals surface area contributed by atoms with Crippen molar-refractivity contribution in [3.8, 4) is 0 Å². The van der Waals surface area contributed by atoms with Gasteiger partial charge >= 0.3 is 5.97 Å². The number of halogens is 1. The minimum absolute atomic E-state index is 0.0160. The second-order valence-electron chi connectivity index (χ2n) is 4.53. The number of benzene rings is 1. The largest absolute Gasteiger partial charge is 0.463 e. The van der Waals surface area contributed by atoms with Crippen molar-refractivity contribution in [2.75, 3.05) is 6.61 Å². The fraction of sp³-hybridized carbons (Fsp3) is 0.312. The Morgan fingerprint density at radius 2 is 2.16 bits per heavy atom. The number of carbonyl (C=O) groups is 1. The van der Waals surface area contributed by atoms with Crippen LogP contribution in [0.4, 0.5) is 0 Å². The molecule has 0 saturated heterocycles. The summed E-state index contributed by atoms with van der Waals surface area (Å²) in [6.45, 7) is 4.14. The zero-order valence-electron chi connectivity index (χ0n) is 11.2. The van der Waals surface area contributed by atoms with Crippen molar-refractivity contribution in [3.05, 3.63) is 58.1 Å². The highest BCUT2D eigenvalue weighted by molar-refractivity contribution is 6.31. The van der Waals surface area contributed by atoms with Crippen LogP contribution in [0.15, 0.2) is 47.6 Å². The summed E-state index contributed by atoms with van der Waals surface area (Å²) >= 11 is 6.25. The van der Waals surface area contributed by atoms with E-state index < -0.39 is 0 Å². The first kappa shape index (κ1) is 13.9. The van der Waals surface area contributed by atoms with Gasteiger partial charge in [0, 0.05) is 16.5 Å². The van der Waals surface area contributed by atoms with Gasteiger partial charge < -0.3 is 4.74 Å². The summed E-state index contributed by atoms with van der Waals surface area (Å²) < 4.78 is 5.17. The average Bonchev–Trinajstić information content (AvgIpc) is 2.39. The molecule has 3 heteroatoms. The molecule has 0 saturated carbocycles. The minimum atomic E-state index is -0.241. The van der Waals surface area contributed by atoms with Crippen LogP contribution in [0.2, 0.25) is 5.02 Å². The second kappa shape index (κ2) is 6.07. The van der Waals surface area contributed by atoms with Crippen molar-refractivity contribution in [1.29, 1.82) is 0 Å². The molecule has 0 heterocycles. The van der Waals surface area contributed by atoms with Crippen molar-refractivity contribution >= 4 is 17.6 Å². The standard InChI is InChI=1S/C16H17ClO2/c1-3-19-16(18)15-11(2)7-6-9-13(15)12-8-4-5-10-14(12)17/h4-8,10,13H,3,9H2,1-2H3. The van der Waals surface area contributed by atoms with Crippen molar-refractivity contribution in [3.63, 3.8) is 0 Å². The van der Waals surface area contributed by atoms with Crippen LogP contribution in [-0.4, -0.2) is 12.6 Å². The molecular weight excluding hydrogens is 260 g/mol. The highest BCUT2D eigenvalue weighted by Gasteiger charge is 2.28. The topological polar surface area (TPSA) is 26.3 Å². The Morgan fingerprint density at radius 1 is 1.42 bits per heavy atom. The lowest BCUT2D eigenvalue weighted by molar-refractivity contribution is -0.138. The number of rotatable bonds is 3. The van der Waals surface area contributed by atoms with E-state index in [2.05, 4.69) is 6.08 Å². The molecule has 0 aliphatic heterocycles. The molecule has 0 amide bonds. The van der Waals surface area contributed by atoms with E-state index in [1.165, 1.54) is 0 Å². The summed E-state index contributed by atoms with van der Waals surface area (Å²) in [4.78, 5) is 12.1. The van der Waals surface area contributed by atoms with Crippen molar-refractivity contribution in [2.24, 2.45) is 0 Å². The maximum Gasteiger partial charge on any atom is 0.334 e. The van der Waals surface area contributed by atoms with Gasteiger partial charge in [0.25, 0.3) is 0 Å². The van der Waals surface area contributed by atoms with Gasteiger partial charge in [-0.25, -0.2) is 4.79 Å². The third kappa shape index (κ3) is 2.90. The number of esters is 1. The van der Waals surface area contributed by atoms with Crippen molar-refractivity contribution in [1.82, 2.24) is 0 Å². The lowest BCUT2D eigenvalue weighted by atomic mass is 9.82. The van der Waals surface area contributed by atoms with E-state index in [9.17, 15) is 4.79 Å². The summed E-state index contributed by atoms with van der Waals surface area (Å²) in [7, 11) is 0. The molecule has 19 heavy (non-hydrogen) atoms. The van der Waals surface area contributed by atoms with Gasteiger partial charge in [-0.2, -0.15) is 0 Å². The van der Waals surface area contributed by atoms with Gasteiger partial charge in [-0.15, -0.1) is 0 Å². The number of carbonyl (C=O) groups excluding carboxylic acids is 1. The Kier molecular flexibility index (Phi) is 4.43. The molecule has 0 N–H and O–H groups in total. The van der Waals surface area contributed by atoms with E-state index in [0.717, 1.165) is 23.1 Å². The van der Waals surface area contributed by atoms with Gasteiger partial charge in [0.15, 0.2) is 0 Å². The maximum absolute atomic E-state index is 12.1. The summed E-state index contributed by atoms with van der Waals surface area (Å²) in [5.74, 6) is -0.257. The molecule has 1 unspecified atom stereocenters. The van der Waals surface area contributed by atoms with Crippen LogP contribution in [-0.2, 0) is 9.53 Å². The van der Waals surface area contributed by atoms with Gasteiger partial charge in [-0.1, -0.05) is 42.0 Å². The van der Waals surface area contributed by atoms with Crippen LogP contribution in [0.3, 0.4) is 0 Å². The van der Waals surface area contributed by atoms with Gasteiger partial charge in [-0.05, 0) is 37.5 Å². The van der Waals surface area contributed by atoms with E-state index in [4.69, 9.17) is 16.3 Å². The lowest BCUT2D eigenvalue weighted by Gasteiger charge is -2.24. The second-order valence-corrected chi connectivity index (χ2v) is 4.94. The molecule has 0 spiro atoms. The third-order valence-electron chi connectivity index (χ3n) is 3.29. The number of ether oxygens (including phenoxy) is 1. The van der Waals surface area contributed by atoms with E-state index in [1.807, 2.05) is 44.2 Å². The Labute approximate surface area is 118 Å². The Morgan fingerprint density at radius 3 is 2.84 bits per heavy atom.